The minimum Gasteiger partial charge on any atom is -0.361 e. The first-order valence-electron chi connectivity index (χ1n) is 13.9. The number of hydrogen-bond donors (Lipinski definition) is 3. The summed E-state index contributed by atoms with van der Waals surface area (Å²) in [6.45, 7) is 6.18. The molecule has 7 rings (SSSR count). The summed E-state index contributed by atoms with van der Waals surface area (Å²) >= 11 is 0. The van der Waals surface area contributed by atoms with Crippen LogP contribution in [-0.2, 0) is 25.5 Å². The molecular formula is C29H35N5O5. The van der Waals surface area contributed by atoms with Gasteiger partial charge in [0.1, 0.15) is 12.1 Å². The summed E-state index contributed by atoms with van der Waals surface area (Å²) in [5.41, 5.74) is 2.78. The van der Waals surface area contributed by atoms with Gasteiger partial charge in [0, 0.05) is 36.2 Å². The topological polar surface area (TPSA) is 118 Å². The van der Waals surface area contributed by atoms with E-state index in [1.807, 2.05) is 33.0 Å². The highest BCUT2D eigenvalue weighted by Crippen LogP contribution is 2.47. The van der Waals surface area contributed by atoms with Gasteiger partial charge in [-0.05, 0) is 61.9 Å². The Morgan fingerprint density at radius 2 is 2.08 bits per heavy atom. The Morgan fingerprint density at radius 3 is 2.85 bits per heavy atom. The van der Waals surface area contributed by atoms with Gasteiger partial charge in [-0.15, -0.1) is 0 Å². The van der Waals surface area contributed by atoms with Crippen molar-refractivity contribution in [2.75, 3.05) is 20.1 Å². The van der Waals surface area contributed by atoms with Crippen molar-refractivity contribution in [3.63, 3.8) is 0 Å². The number of H-pyrrole nitrogens is 1. The highest BCUT2D eigenvalue weighted by molar-refractivity contribution is 6.00. The van der Waals surface area contributed by atoms with Crippen LogP contribution in [0.3, 0.4) is 0 Å². The second kappa shape index (κ2) is 8.16. The summed E-state index contributed by atoms with van der Waals surface area (Å²) in [7, 11) is 2.02. The third-order valence-electron chi connectivity index (χ3n) is 9.43. The third-order valence-corrected chi connectivity index (χ3v) is 9.43. The van der Waals surface area contributed by atoms with Crippen molar-refractivity contribution < 1.29 is 24.2 Å². The molecule has 3 N–H and O–H groups in total. The van der Waals surface area contributed by atoms with Gasteiger partial charge in [-0.1, -0.05) is 32.1 Å². The highest BCUT2D eigenvalue weighted by Gasteiger charge is 2.70. The van der Waals surface area contributed by atoms with Gasteiger partial charge >= 0.3 is 0 Å². The lowest BCUT2D eigenvalue weighted by Gasteiger charge is -2.49. The van der Waals surface area contributed by atoms with Gasteiger partial charge in [0.2, 0.25) is 17.5 Å². The Hall–Kier alpha value is -3.21. The zero-order valence-electron chi connectivity index (χ0n) is 22.7. The van der Waals surface area contributed by atoms with Gasteiger partial charge in [-0.3, -0.25) is 28.9 Å². The molecule has 10 heteroatoms. The molecule has 2 aromatic rings. The standard InChI is InChI=1S/C29H35N5O5/c1-15(2)24-26(36)33-10-6-9-22(33)29(38)34(24)27(37)28(3,39-29)31-25(35)17-11-19-18-7-5-8-20-23(18)16(13-30-20)12-21(19)32(4)14-17/h5,7-8,11,13,15,17,21-22,24,30,38H,6,9-10,12,14H2,1-4H3,(H,31,35)/t17-,21+,22+,24+,28-,29+/m1/s1. The zero-order valence-corrected chi connectivity index (χ0v) is 22.7. The quantitative estimate of drug-likeness (QED) is 0.549. The highest BCUT2D eigenvalue weighted by atomic mass is 16.7. The predicted molar refractivity (Wildman–Crippen MR) is 143 cm³/mol. The number of benzene rings is 1. The SMILES string of the molecule is CC(C)[C@H]1C(=O)N2CCC[C@H]2[C@]2(O)O[C@@](C)(NC(=O)[C@@H]3C=C4c5cccc6[nH]cc(c56)C[C@@H]4N(C)C3)C(=O)N12. The fourth-order valence-corrected chi connectivity index (χ4v) is 7.63. The van der Waals surface area contributed by atoms with Gasteiger partial charge in [-0.25, -0.2) is 0 Å². The fraction of sp³-hybridized carbons (Fsp3) is 0.552. The lowest BCUT2D eigenvalue weighted by molar-refractivity contribution is -0.317. The smallest absolute Gasteiger partial charge is 0.280 e. The molecule has 5 aliphatic rings. The molecule has 0 spiro atoms. The van der Waals surface area contributed by atoms with Crippen LogP contribution in [0.1, 0.15) is 44.7 Å². The summed E-state index contributed by atoms with van der Waals surface area (Å²) in [4.78, 5) is 49.4. The van der Waals surface area contributed by atoms with E-state index in [4.69, 9.17) is 4.74 Å². The normalized spacial score (nSPS) is 35.8. The first-order chi connectivity index (χ1) is 18.5. The number of hydrogen-bond acceptors (Lipinski definition) is 6. The lowest BCUT2D eigenvalue weighted by Crippen LogP contribution is -2.72. The molecule has 1 aromatic carbocycles. The number of amides is 3. The number of fused-ring (bicyclic) bond motifs is 5. The van der Waals surface area contributed by atoms with Gasteiger partial charge in [0.25, 0.3) is 11.8 Å². The molecule has 0 bridgehead atoms. The van der Waals surface area contributed by atoms with Gasteiger partial charge in [0.15, 0.2) is 0 Å². The summed E-state index contributed by atoms with van der Waals surface area (Å²) in [5.74, 6) is -3.87. The molecule has 0 radical (unpaired) electrons. The molecule has 0 saturated carbocycles. The molecule has 3 amide bonds. The molecule has 206 valence electrons. The van der Waals surface area contributed by atoms with Crippen LogP contribution in [0.15, 0.2) is 30.5 Å². The first kappa shape index (κ1) is 24.8. The number of aromatic amines is 1. The molecule has 39 heavy (non-hydrogen) atoms. The number of aliphatic hydroxyl groups is 1. The van der Waals surface area contributed by atoms with E-state index in [9.17, 15) is 19.5 Å². The molecule has 10 nitrogen and oxygen atoms in total. The van der Waals surface area contributed by atoms with Crippen LogP contribution in [0, 0.1) is 11.8 Å². The van der Waals surface area contributed by atoms with Crippen LogP contribution >= 0.6 is 0 Å². The molecule has 5 heterocycles. The van der Waals surface area contributed by atoms with Crippen LogP contribution in [-0.4, -0.2) is 92.4 Å². The van der Waals surface area contributed by atoms with E-state index in [2.05, 4.69) is 33.5 Å². The van der Waals surface area contributed by atoms with E-state index in [1.165, 1.54) is 22.8 Å². The lowest BCUT2D eigenvalue weighted by atomic mass is 9.79. The molecule has 1 aliphatic carbocycles. The Bertz CT molecular complexity index is 1450. The second-order valence-electron chi connectivity index (χ2n) is 12.3. The van der Waals surface area contributed by atoms with E-state index in [1.54, 1.807) is 4.90 Å². The number of carbonyl (C=O) groups excluding carboxylic acids is 3. The van der Waals surface area contributed by atoms with Crippen LogP contribution in [0.5, 0.6) is 0 Å². The maximum Gasteiger partial charge on any atom is 0.280 e. The van der Waals surface area contributed by atoms with E-state index >= 15 is 0 Å². The Kier molecular flexibility index (Phi) is 5.19. The van der Waals surface area contributed by atoms with Crippen molar-refractivity contribution in [1.82, 2.24) is 25.0 Å². The fourth-order valence-electron chi connectivity index (χ4n) is 7.63. The predicted octanol–water partition coefficient (Wildman–Crippen LogP) is 1.40. The number of ether oxygens (including phenoxy) is 1. The number of carbonyl (C=O) groups is 3. The van der Waals surface area contributed by atoms with E-state index in [0.717, 1.165) is 29.5 Å². The van der Waals surface area contributed by atoms with Crippen molar-refractivity contribution in [1.29, 1.82) is 0 Å². The largest absolute Gasteiger partial charge is 0.361 e. The number of piperazine rings is 1. The maximum atomic E-state index is 13.9. The number of nitrogens with zero attached hydrogens (tertiary/aromatic N) is 3. The molecule has 4 aliphatic heterocycles. The zero-order chi connectivity index (χ0) is 27.4. The first-order valence-corrected chi connectivity index (χ1v) is 13.9. The van der Waals surface area contributed by atoms with Crippen molar-refractivity contribution >= 4 is 34.2 Å². The van der Waals surface area contributed by atoms with Crippen molar-refractivity contribution in [3.8, 4) is 0 Å². The summed E-state index contributed by atoms with van der Waals surface area (Å²) in [6, 6.07) is 4.81. The Balaban J connectivity index is 1.21. The van der Waals surface area contributed by atoms with Crippen LogP contribution in [0.2, 0.25) is 0 Å². The van der Waals surface area contributed by atoms with E-state index < -0.39 is 35.5 Å². The number of rotatable bonds is 3. The molecule has 0 unspecified atom stereocenters. The molecule has 3 saturated heterocycles. The maximum absolute atomic E-state index is 13.9. The minimum atomic E-state index is -1.99. The van der Waals surface area contributed by atoms with Gasteiger partial charge in [-0.2, -0.15) is 0 Å². The second-order valence-corrected chi connectivity index (χ2v) is 12.3. The third kappa shape index (κ3) is 3.28. The average Bonchev–Trinajstić information content (AvgIpc) is 3.59. The number of nitrogens with one attached hydrogen (secondary N) is 2. The summed E-state index contributed by atoms with van der Waals surface area (Å²) < 4.78 is 6.14. The molecule has 3 fully saturated rings. The monoisotopic (exact) mass is 533 g/mol. The van der Waals surface area contributed by atoms with Crippen molar-refractivity contribution in [3.05, 3.63) is 41.6 Å². The average molecular weight is 534 g/mol. The molecule has 6 atom stereocenters. The molecular weight excluding hydrogens is 498 g/mol. The van der Waals surface area contributed by atoms with Gasteiger partial charge < -0.3 is 20.3 Å². The Morgan fingerprint density at radius 1 is 1.28 bits per heavy atom. The number of likely N-dealkylation sites (N-methyl/N-ethyl adjacent to an activating group) is 1. The summed E-state index contributed by atoms with van der Waals surface area (Å²) in [6.07, 6.45) is 6.19. The van der Waals surface area contributed by atoms with Crippen LogP contribution in [0.25, 0.3) is 16.5 Å². The summed E-state index contributed by atoms with van der Waals surface area (Å²) in [5, 5.41) is 15.9. The minimum absolute atomic E-state index is 0.156. The van der Waals surface area contributed by atoms with Crippen LogP contribution in [0.4, 0.5) is 0 Å². The number of aromatic nitrogens is 1. The van der Waals surface area contributed by atoms with Crippen molar-refractivity contribution in [2.45, 2.75) is 69.8 Å². The molecule has 1 aromatic heterocycles. The van der Waals surface area contributed by atoms with E-state index in [-0.39, 0.29) is 23.8 Å². The van der Waals surface area contributed by atoms with E-state index in [0.29, 0.717) is 19.5 Å². The van der Waals surface area contributed by atoms with Crippen molar-refractivity contribution in [2.24, 2.45) is 11.8 Å². The Labute approximate surface area is 226 Å². The van der Waals surface area contributed by atoms with Gasteiger partial charge in [0.05, 0.1) is 5.92 Å². The van der Waals surface area contributed by atoms with Crippen LogP contribution < -0.4 is 5.32 Å².